The third kappa shape index (κ3) is 7.34. The molecule has 3 heterocycles. The van der Waals surface area contributed by atoms with E-state index in [4.69, 9.17) is 0 Å². The molecule has 1 fully saturated rings. The SMILES string of the molecule is Cc1cc(NC(=O)c2ccc(NS(C)(=O)=O)cc2N2CC=C(C(F)(F)F)CC2)nc(N2CCC(F)(F)CC2)n1. The molecule has 1 amide bonds. The second kappa shape index (κ2) is 10.6. The number of hydrogen-bond acceptors (Lipinski definition) is 7. The summed E-state index contributed by atoms with van der Waals surface area (Å²) in [7, 11) is -3.66. The van der Waals surface area contributed by atoms with Crippen LogP contribution in [0.2, 0.25) is 0 Å². The van der Waals surface area contributed by atoms with Gasteiger partial charge in [-0.1, -0.05) is 6.08 Å². The maximum atomic E-state index is 13.6. The Labute approximate surface area is 222 Å². The van der Waals surface area contributed by atoms with Crippen molar-refractivity contribution in [2.24, 2.45) is 0 Å². The van der Waals surface area contributed by atoms with Gasteiger partial charge in [0, 0.05) is 56.4 Å². The van der Waals surface area contributed by atoms with Gasteiger partial charge in [-0.3, -0.25) is 9.52 Å². The number of alkyl halides is 5. The zero-order chi connectivity index (χ0) is 28.6. The highest BCUT2D eigenvalue weighted by molar-refractivity contribution is 7.92. The van der Waals surface area contributed by atoms with Crippen LogP contribution in [-0.2, 0) is 10.0 Å². The van der Waals surface area contributed by atoms with Crippen LogP contribution in [0.25, 0.3) is 0 Å². The van der Waals surface area contributed by atoms with Crippen molar-refractivity contribution in [1.82, 2.24) is 9.97 Å². The van der Waals surface area contributed by atoms with Crippen LogP contribution in [0.3, 0.4) is 0 Å². The molecule has 0 spiro atoms. The smallest absolute Gasteiger partial charge is 0.367 e. The number of nitrogens with one attached hydrogen (secondary N) is 2. The standard InChI is InChI=1S/C24H27F5N6O3S/c1-15-13-20(32-22(30-15)35-11-7-23(25,26)8-12-35)31-21(36)18-4-3-17(33-39(2,37)38)14-19(18)34-9-5-16(6-10-34)24(27,28)29/h3-5,13-14,33H,6-12H2,1-2H3,(H,30,31,32,36). The third-order valence-corrected chi connectivity index (χ3v) is 6.93. The van der Waals surface area contributed by atoms with E-state index in [1.807, 2.05) is 0 Å². The molecule has 1 saturated heterocycles. The van der Waals surface area contributed by atoms with Gasteiger partial charge in [0.1, 0.15) is 5.82 Å². The van der Waals surface area contributed by atoms with Crippen LogP contribution < -0.4 is 19.8 Å². The number of halogens is 5. The first kappa shape index (κ1) is 28.5. The Morgan fingerprint density at radius 2 is 1.74 bits per heavy atom. The van der Waals surface area contributed by atoms with Crippen LogP contribution in [0.1, 0.15) is 35.3 Å². The summed E-state index contributed by atoms with van der Waals surface area (Å²) in [6.07, 6.45) is -3.47. The molecule has 212 valence electrons. The maximum Gasteiger partial charge on any atom is 0.412 e. The highest BCUT2D eigenvalue weighted by atomic mass is 32.2. The normalized spacial score (nSPS) is 18.0. The fourth-order valence-electron chi connectivity index (χ4n) is 4.38. The van der Waals surface area contributed by atoms with E-state index in [0.717, 1.165) is 12.3 Å². The number of benzene rings is 1. The lowest BCUT2D eigenvalue weighted by molar-refractivity contribution is -0.0944. The lowest BCUT2D eigenvalue weighted by atomic mass is 10.0. The molecule has 15 heteroatoms. The van der Waals surface area contributed by atoms with Gasteiger partial charge < -0.3 is 15.1 Å². The van der Waals surface area contributed by atoms with E-state index < -0.39 is 33.6 Å². The van der Waals surface area contributed by atoms with Gasteiger partial charge >= 0.3 is 6.18 Å². The van der Waals surface area contributed by atoms with Crippen LogP contribution in [0.5, 0.6) is 0 Å². The third-order valence-electron chi connectivity index (χ3n) is 6.32. The lowest BCUT2D eigenvalue weighted by Crippen LogP contribution is -2.40. The summed E-state index contributed by atoms with van der Waals surface area (Å²) in [6, 6.07) is 5.61. The predicted octanol–water partition coefficient (Wildman–Crippen LogP) is 4.34. The van der Waals surface area contributed by atoms with E-state index in [-0.39, 0.29) is 74.1 Å². The van der Waals surface area contributed by atoms with Crippen LogP contribution in [0.15, 0.2) is 35.9 Å². The minimum absolute atomic E-state index is 0.0468. The number of carbonyl (C=O) groups is 1. The molecule has 9 nitrogen and oxygen atoms in total. The van der Waals surface area contributed by atoms with E-state index in [0.29, 0.717) is 5.69 Å². The zero-order valence-corrected chi connectivity index (χ0v) is 22.0. The molecule has 0 atom stereocenters. The monoisotopic (exact) mass is 574 g/mol. The Morgan fingerprint density at radius 1 is 1.05 bits per heavy atom. The molecule has 0 radical (unpaired) electrons. The quantitative estimate of drug-likeness (QED) is 0.390. The first-order valence-corrected chi connectivity index (χ1v) is 13.9. The van der Waals surface area contributed by atoms with Crippen molar-refractivity contribution >= 4 is 39.1 Å². The Kier molecular flexibility index (Phi) is 7.74. The Bertz CT molecular complexity index is 1390. The number of aryl methyl sites for hydroxylation is 1. The number of sulfonamides is 1. The van der Waals surface area contributed by atoms with E-state index in [1.165, 1.54) is 24.3 Å². The zero-order valence-electron chi connectivity index (χ0n) is 21.1. The fourth-order valence-corrected chi connectivity index (χ4v) is 4.94. The highest BCUT2D eigenvalue weighted by Gasteiger charge is 2.36. The largest absolute Gasteiger partial charge is 0.412 e. The summed E-state index contributed by atoms with van der Waals surface area (Å²) in [4.78, 5) is 25.1. The van der Waals surface area contributed by atoms with E-state index in [9.17, 15) is 35.2 Å². The average molecular weight is 575 g/mol. The minimum Gasteiger partial charge on any atom is -0.367 e. The molecule has 1 aromatic heterocycles. The van der Waals surface area contributed by atoms with Crippen molar-refractivity contribution < 1.29 is 35.2 Å². The number of piperidine rings is 1. The second-order valence-electron chi connectivity index (χ2n) is 9.52. The fraction of sp³-hybridized carbons (Fsp3) is 0.458. The van der Waals surface area contributed by atoms with Gasteiger partial charge in [-0.05, 0) is 31.5 Å². The topological polar surface area (TPSA) is 108 Å². The number of nitrogens with zero attached hydrogens (tertiary/aromatic N) is 4. The van der Waals surface area contributed by atoms with Gasteiger partial charge in [-0.15, -0.1) is 0 Å². The van der Waals surface area contributed by atoms with Gasteiger partial charge in [0.15, 0.2) is 0 Å². The second-order valence-corrected chi connectivity index (χ2v) is 11.3. The van der Waals surface area contributed by atoms with E-state index in [1.54, 1.807) is 16.7 Å². The number of amides is 1. The van der Waals surface area contributed by atoms with Gasteiger partial charge in [-0.25, -0.2) is 22.2 Å². The number of carbonyl (C=O) groups excluding carboxylic acids is 1. The van der Waals surface area contributed by atoms with Crippen LogP contribution in [-0.4, -0.2) is 68.8 Å². The molecular formula is C24H27F5N6O3S. The molecule has 2 aromatic rings. The Morgan fingerprint density at radius 3 is 2.33 bits per heavy atom. The number of hydrogen-bond donors (Lipinski definition) is 2. The van der Waals surface area contributed by atoms with Crippen LogP contribution >= 0.6 is 0 Å². The molecule has 2 N–H and O–H groups in total. The average Bonchev–Trinajstić information content (AvgIpc) is 2.82. The molecule has 0 aliphatic carbocycles. The Balaban J connectivity index is 1.61. The molecule has 4 rings (SSSR count). The van der Waals surface area contributed by atoms with Gasteiger partial charge in [-0.2, -0.15) is 18.2 Å². The summed E-state index contributed by atoms with van der Waals surface area (Å²) < 4.78 is 92.3. The van der Waals surface area contributed by atoms with Crippen molar-refractivity contribution in [2.75, 3.05) is 52.3 Å². The molecule has 0 unspecified atom stereocenters. The minimum atomic E-state index is -4.46. The van der Waals surface area contributed by atoms with Crippen molar-refractivity contribution in [1.29, 1.82) is 0 Å². The summed E-state index contributed by atoms with van der Waals surface area (Å²) in [5.74, 6) is -3.09. The van der Waals surface area contributed by atoms with Crippen molar-refractivity contribution in [3.8, 4) is 0 Å². The molecule has 0 bridgehead atoms. The number of anilines is 4. The van der Waals surface area contributed by atoms with Crippen LogP contribution in [0.4, 0.5) is 45.1 Å². The first-order chi connectivity index (χ1) is 18.1. The Hall–Kier alpha value is -3.49. The first-order valence-electron chi connectivity index (χ1n) is 12.0. The number of rotatable bonds is 6. The molecule has 2 aliphatic heterocycles. The lowest BCUT2D eigenvalue weighted by Gasteiger charge is -2.32. The van der Waals surface area contributed by atoms with Gasteiger partial charge in [0.05, 0.1) is 23.2 Å². The highest BCUT2D eigenvalue weighted by Crippen LogP contribution is 2.34. The van der Waals surface area contributed by atoms with Gasteiger partial charge in [0.25, 0.3) is 11.8 Å². The molecular weight excluding hydrogens is 547 g/mol. The van der Waals surface area contributed by atoms with E-state index >= 15 is 0 Å². The number of aromatic nitrogens is 2. The molecule has 39 heavy (non-hydrogen) atoms. The molecule has 2 aliphatic rings. The summed E-state index contributed by atoms with van der Waals surface area (Å²) in [6.45, 7) is 1.56. The molecule has 1 aromatic carbocycles. The molecule has 0 saturated carbocycles. The summed E-state index contributed by atoms with van der Waals surface area (Å²) in [5, 5.41) is 2.65. The predicted molar refractivity (Wildman–Crippen MR) is 137 cm³/mol. The summed E-state index contributed by atoms with van der Waals surface area (Å²) >= 11 is 0. The van der Waals surface area contributed by atoms with Gasteiger partial charge in [0.2, 0.25) is 16.0 Å². The van der Waals surface area contributed by atoms with Crippen molar-refractivity contribution in [2.45, 2.75) is 38.3 Å². The van der Waals surface area contributed by atoms with Crippen molar-refractivity contribution in [3.05, 3.63) is 47.2 Å². The van der Waals surface area contributed by atoms with Crippen LogP contribution in [0, 0.1) is 6.92 Å². The maximum absolute atomic E-state index is 13.6. The van der Waals surface area contributed by atoms with E-state index in [2.05, 4.69) is 20.0 Å². The summed E-state index contributed by atoms with van der Waals surface area (Å²) in [5.41, 5.74) is 0.254. The van der Waals surface area contributed by atoms with Crippen molar-refractivity contribution in [3.63, 3.8) is 0 Å².